The van der Waals surface area contributed by atoms with E-state index in [2.05, 4.69) is 20.8 Å². The highest BCUT2D eigenvalue weighted by atomic mass is 32.2. The first-order valence-corrected chi connectivity index (χ1v) is 10.4. The highest BCUT2D eigenvalue weighted by Gasteiger charge is 2.31. The lowest BCUT2D eigenvalue weighted by atomic mass is 9.77. The maximum Gasteiger partial charge on any atom is 0.130 e. The summed E-state index contributed by atoms with van der Waals surface area (Å²) < 4.78 is 0. The van der Waals surface area contributed by atoms with Crippen LogP contribution in [0.4, 0.5) is 0 Å². The van der Waals surface area contributed by atoms with Gasteiger partial charge in [-0.1, -0.05) is 58.1 Å². The number of benzene rings is 2. The first-order valence-electron chi connectivity index (χ1n) is 8.75. The van der Waals surface area contributed by atoms with Crippen LogP contribution in [0.5, 0.6) is 11.5 Å². The summed E-state index contributed by atoms with van der Waals surface area (Å²) in [5.74, 6) is 0.600. The van der Waals surface area contributed by atoms with Gasteiger partial charge in [-0.25, -0.2) is 0 Å². The monoisotopic (exact) mass is 390 g/mol. The summed E-state index contributed by atoms with van der Waals surface area (Å²) in [6.45, 7) is 10.4. The fourth-order valence-corrected chi connectivity index (χ4v) is 5.04. The van der Waals surface area contributed by atoms with E-state index in [9.17, 15) is 15.3 Å². The molecule has 0 amide bonds. The second-order valence-corrected chi connectivity index (χ2v) is 10.6. The van der Waals surface area contributed by atoms with E-state index >= 15 is 0 Å². The molecule has 1 aliphatic rings. The Morgan fingerprint density at radius 1 is 1.00 bits per heavy atom. The van der Waals surface area contributed by atoms with Crippen molar-refractivity contribution in [3.63, 3.8) is 0 Å². The van der Waals surface area contributed by atoms with E-state index < -0.39 is 0 Å². The molecule has 0 saturated carbocycles. The van der Waals surface area contributed by atoms with E-state index in [1.807, 2.05) is 32.0 Å². The highest BCUT2D eigenvalue weighted by Crippen LogP contribution is 2.58. The molecular formula is C21H26O3S2. The first-order chi connectivity index (χ1) is 12.0. The predicted molar refractivity (Wildman–Crippen MR) is 108 cm³/mol. The van der Waals surface area contributed by atoms with Crippen molar-refractivity contribution in [3.05, 3.63) is 35.4 Å². The van der Waals surface area contributed by atoms with Gasteiger partial charge in [0.1, 0.15) is 11.5 Å². The van der Waals surface area contributed by atoms with Crippen molar-refractivity contribution in [2.45, 2.75) is 71.5 Å². The second kappa shape index (κ2) is 6.70. The Kier molecular flexibility index (Phi) is 5.01. The summed E-state index contributed by atoms with van der Waals surface area (Å²) in [6, 6.07) is 7.69. The minimum absolute atomic E-state index is 0.0677. The lowest BCUT2D eigenvalue weighted by molar-refractivity contribution is 0.249. The molecule has 0 aromatic heterocycles. The third-order valence-electron chi connectivity index (χ3n) is 4.80. The Balaban J connectivity index is 2.11. The Morgan fingerprint density at radius 2 is 1.65 bits per heavy atom. The van der Waals surface area contributed by atoms with Crippen LogP contribution in [0.15, 0.2) is 43.8 Å². The Bertz CT molecular complexity index is 848. The topological polar surface area (TPSA) is 60.7 Å². The standard InChI is InChI=1S/C21H26O3S2/c1-20(2,3)13-10-12(11-14(17(13)24)21(4,5)8-9-22)25-18-15(23)6-7-16-19(18)26-16/h6-7,10-11,22-24H,8-9H2,1-5H3. The van der Waals surface area contributed by atoms with Gasteiger partial charge in [-0.2, -0.15) is 0 Å². The molecule has 140 valence electrons. The van der Waals surface area contributed by atoms with Crippen LogP contribution < -0.4 is 0 Å². The molecule has 0 atom stereocenters. The summed E-state index contributed by atoms with van der Waals surface area (Å²) >= 11 is 3.22. The van der Waals surface area contributed by atoms with Gasteiger partial charge in [0.25, 0.3) is 0 Å². The molecule has 0 spiro atoms. The minimum atomic E-state index is -0.350. The van der Waals surface area contributed by atoms with E-state index in [-0.39, 0.29) is 17.4 Å². The number of phenols is 2. The summed E-state index contributed by atoms with van der Waals surface area (Å²) in [5.41, 5.74) is 1.15. The van der Waals surface area contributed by atoms with Gasteiger partial charge in [-0.05, 0) is 41.5 Å². The van der Waals surface area contributed by atoms with Gasteiger partial charge in [0.2, 0.25) is 0 Å². The zero-order chi connectivity index (χ0) is 19.3. The number of aliphatic hydroxyl groups excluding tert-OH is 1. The quantitative estimate of drug-likeness (QED) is 0.490. The van der Waals surface area contributed by atoms with Gasteiger partial charge in [-0.3, -0.25) is 0 Å². The van der Waals surface area contributed by atoms with Crippen LogP contribution in [0.2, 0.25) is 0 Å². The normalized spacial score (nSPS) is 13.6. The smallest absolute Gasteiger partial charge is 0.130 e. The van der Waals surface area contributed by atoms with E-state index in [0.29, 0.717) is 17.9 Å². The number of hydrogen-bond acceptors (Lipinski definition) is 5. The molecule has 0 bridgehead atoms. The number of aromatic hydroxyl groups is 2. The van der Waals surface area contributed by atoms with Gasteiger partial charge in [0.05, 0.1) is 4.90 Å². The zero-order valence-electron chi connectivity index (χ0n) is 15.9. The lowest BCUT2D eigenvalue weighted by Gasteiger charge is -2.30. The lowest BCUT2D eigenvalue weighted by Crippen LogP contribution is -2.21. The number of phenolic OH excluding ortho intramolecular Hbond substituents is 2. The minimum Gasteiger partial charge on any atom is -0.507 e. The Labute approximate surface area is 163 Å². The molecule has 0 unspecified atom stereocenters. The second-order valence-electron chi connectivity index (χ2n) is 8.42. The van der Waals surface area contributed by atoms with Crippen molar-refractivity contribution in [1.82, 2.24) is 0 Å². The van der Waals surface area contributed by atoms with E-state index in [0.717, 1.165) is 25.8 Å². The van der Waals surface area contributed by atoms with Gasteiger partial charge in [-0.15, -0.1) is 0 Å². The largest absolute Gasteiger partial charge is 0.507 e. The molecule has 3 nitrogen and oxygen atoms in total. The van der Waals surface area contributed by atoms with E-state index in [1.54, 1.807) is 17.8 Å². The zero-order valence-corrected chi connectivity index (χ0v) is 17.5. The van der Waals surface area contributed by atoms with E-state index in [4.69, 9.17) is 0 Å². The Hall–Kier alpha value is -1.30. The molecule has 0 saturated heterocycles. The van der Waals surface area contributed by atoms with Gasteiger partial charge < -0.3 is 15.3 Å². The van der Waals surface area contributed by atoms with Gasteiger partial charge in [0, 0.05) is 32.4 Å². The van der Waals surface area contributed by atoms with Crippen LogP contribution in [0.25, 0.3) is 0 Å². The molecule has 3 N–H and O–H groups in total. The average Bonchev–Trinajstić information content (AvgIpc) is 3.30. The fraction of sp³-hybridized carbons (Fsp3) is 0.429. The fourth-order valence-electron chi connectivity index (χ4n) is 3.08. The molecule has 1 heterocycles. The van der Waals surface area contributed by atoms with Crippen LogP contribution in [-0.2, 0) is 10.8 Å². The van der Waals surface area contributed by atoms with Crippen molar-refractivity contribution in [3.8, 4) is 11.5 Å². The van der Waals surface area contributed by atoms with Crippen LogP contribution >= 0.6 is 23.5 Å². The SMILES string of the molecule is CC(C)(C)c1cc(Sc2c(O)ccc3c2S3)cc(C(C)(C)CCO)c1O. The average molecular weight is 391 g/mol. The third kappa shape index (κ3) is 3.71. The van der Waals surface area contributed by atoms with Crippen LogP contribution in [0.1, 0.15) is 52.2 Å². The molecule has 2 aromatic carbocycles. The predicted octanol–water partition coefficient (Wildman–Crippen LogP) is 5.67. The van der Waals surface area contributed by atoms with Gasteiger partial charge >= 0.3 is 0 Å². The summed E-state index contributed by atoms with van der Waals surface area (Å²) in [5, 5.41) is 30.7. The molecule has 0 fully saturated rings. The summed E-state index contributed by atoms with van der Waals surface area (Å²) in [4.78, 5) is 4.21. The number of hydrogen-bond donors (Lipinski definition) is 3. The van der Waals surface area contributed by atoms with E-state index in [1.165, 1.54) is 16.7 Å². The Morgan fingerprint density at radius 3 is 2.27 bits per heavy atom. The van der Waals surface area contributed by atoms with Crippen LogP contribution in [-0.4, -0.2) is 21.9 Å². The number of fused-ring (bicyclic) bond motifs is 1. The highest BCUT2D eigenvalue weighted by molar-refractivity contribution is 8.06. The molecule has 1 aliphatic heterocycles. The van der Waals surface area contributed by atoms with Gasteiger partial charge in [0.15, 0.2) is 0 Å². The molecule has 26 heavy (non-hydrogen) atoms. The number of aliphatic hydroxyl groups is 1. The first kappa shape index (κ1) is 19.5. The number of rotatable bonds is 5. The van der Waals surface area contributed by atoms with Crippen molar-refractivity contribution < 1.29 is 15.3 Å². The molecule has 0 aliphatic carbocycles. The van der Waals surface area contributed by atoms with Crippen molar-refractivity contribution >= 4 is 23.5 Å². The third-order valence-corrected chi connectivity index (χ3v) is 7.01. The summed E-state index contributed by atoms with van der Waals surface area (Å²) in [7, 11) is 0. The summed E-state index contributed by atoms with van der Waals surface area (Å²) in [6.07, 6.45) is 0.570. The molecule has 3 rings (SSSR count). The maximum absolute atomic E-state index is 11.0. The van der Waals surface area contributed by atoms with Crippen molar-refractivity contribution in [1.29, 1.82) is 0 Å². The van der Waals surface area contributed by atoms with Crippen molar-refractivity contribution in [2.24, 2.45) is 0 Å². The van der Waals surface area contributed by atoms with Crippen LogP contribution in [0, 0.1) is 0 Å². The molecule has 0 radical (unpaired) electrons. The maximum atomic E-state index is 11.0. The van der Waals surface area contributed by atoms with Crippen LogP contribution in [0.3, 0.4) is 0 Å². The molecule has 5 heteroatoms. The molecule has 2 aromatic rings. The van der Waals surface area contributed by atoms with Crippen molar-refractivity contribution in [2.75, 3.05) is 6.61 Å². The molecular weight excluding hydrogens is 364 g/mol.